The number of rotatable bonds is 1. The van der Waals surface area contributed by atoms with E-state index in [1.54, 1.807) is 4.90 Å². The molecule has 2 amide bonds. The maximum absolute atomic E-state index is 13.0. The fourth-order valence-electron chi connectivity index (χ4n) is 3.95. The molecule has 1 spiro atoms. The van der Waals surface area contributed by atoms with Gasteiger partial charge in [-0.3, -0.25) is 9.59 Å². The molecule has 4 rings (SSSR count). The van der Waals surface area contributed by atoms with Gasteiger partial charge in [-0.25, -0.2) is 0 Å². The number of benzene rings is 1. The maximum Gasteiger partial charge on any atom is 0.241 e. The molecule has 3 aliphatic heterocycles. The Hall–Kier alpha value is -1.88. The van der Waals surface area contributed by atoms with Crippen LogP contribution < -0.4 is 5.32 Å². The predicted octanol–water partition coefficient (Wildman–Crippen LogP) is 1.07. The van der Waals surface area contributed by atoms with Gasteiger partial charge in [-0.15, -0.1) is 0 Å². The zero-order chi connectivity index (χ0) is 14.6. The van der Waals surface area contributed by atoms with Gasteiger partial charge in [0.1, 0.15) is 5.41 Å². The molecular weight excluding hydrogens is 268 g/mol. The van der Waals surface area contributed by atoms with Gasteiger partial charge in [0.2, 0.25) is 11.8 Å². The number of fused-ring (bicyclic) bond motifs is 1. The van der Waals surface area contributed by atoms with Gasteiger partial charge < -0.3 is 15.0 Å². The van der Waals surface area contributed by atoms with Crippen LogP contribution in [0.1, 0.15) is 25.1 Å². The van der Waals surface area contributed by atoms with Crippen molar-refractivity contribution >= 4 is 11.8 Å². The van der Waals surface area contributed by atoms with E-state index in [1.165, 1.54) is 0 Å². The normalized spacial score (nSPS) is 38.1. The second kappa shape index (κ2) is 4.31. The molecule has 0 bridgehead atoms. The van der Waals surface area contributed by atoms with E-state index in [9.17, 15) is 9.59 Å². The smallest absolute Gasteiger partial charge is 0.241 e. The third-order valence-corrected chi connectivity index (χ3v) is 5.17. The lowest BCUT2D eigenvalue weighted by Crippen LogP contribution is -2.43. The Balaban J connectivity index is 1.71. The van der Waals surface area contributed by atoms with Gasteiger partial charge in [0.15, 0.2) is 6.23 Å². The molecule has 3 fully saturated rings. The Morgan fingerprint density at radius 1 is 1.29 bits per heavy atom. The second-order valence-electron chi connectivity index (χ2n) is 6.25. The molecule has 110 valence electrons. The molecule has 0 aromatic heterocycles. The average molecular weight is 286 g/mol. The zero-order valence-electron chi connectivity index (χ0n) is 11.9. The van der Waals surface area contributed by atoms with Gasteiger partial charge in [0.25, 0.3) is 0 Å². The number of carbonyl (C=O) groups excluding carboxylic acids is 2. The van der Waals surface area contributed by atoms with Gasteiger partial charge in [-0.1, -0.05) is 37.3 Å². The fraction of sp³-hybridized carbons (Fsp3) is 0.500. The molecule has 1 aromatic carbocycles. The molecular formula is C16H18N2O3. The third-order valence-electron chi connectivity index (χ3n) is 5.17. The Labute approximate surface area is 123 Å². The molecule has 0 radical (unpaired) electrons. The van der Waals surface area contributed by atoms with Crippen LogP contribution in [0.2, 0.25) is 0 Å². The zero-order valence-corrected chi connectivity index (χ0v) is 11.9. The lowest BCUT2D eigenvalue weighted by Gasteiger charge is -2.27. The van der Waals surface area contributed by atoms with Gasteiger partial charge in [-0.05, 0) is 12.3 Å². The van der Waals surface area contributed by atoms with Gasteiger partial charge in [0, 0.05) is 12.1 Å². The SMILES string of the molecule is CC1CNC(=O)[C@]12C[C@H]1CO[C@H](c3ccccc3)N1C2=O. The molecule has 1 N–H and O–H groups in total. The minimum atomic E-state index is -0.874. The van der Waals surface area contributed by atoms with Crippen molar-refractivity contribution in [3.05, 3.63) is 35.9 Å². The first-order valence-corrected chi connectivity index (χ1v) is 7.42. The summed E-state index contributed by atoms with van der Waals surface area (Å²) in [5.41, 5.74) is 0.0954. The summed E-state index contributed by atoms with van der Waals surface area (Å²) in [6.07, 6.45) is 0.214. The van der Waals surface area contributed by atoms with E-state index in [0.29, 0.717) is 19.6 Å². The first-order valence-electron chi connectivity index (χ1n) is 7.42. The lowest BCUT2D eigenvalue weighted by molar-refractivity contribution is -0.149. The van der Waals surface area contributed by atoms with Crippen molar-refractivity contribution in [2.45, 2.75) is 25.6 Å². The van der Waals surface area contributed by atoms with Gasteiger partial charge in [-0.2, -0.15) is 0 Å². The topological polar surface area (TPSA) is 58.6 Å². The molecule has 0 aliphatic carbocycles. The fourth-order valence-corrected chi connectivity index (χ4v) is 3.95. The average Bonchev–Trinajstić information content (AvgIpc) is 3.12. The first kappa shape index (κ1) is 12.8. The standard InChI is InChI=1S/C16H18N2O3/c1-10-8-17-14(19)16(10)7-12-9-21-13(18(12)15(16)20)11-5-3-2-4-6-11/h2-6,10,12-13H,7-9H2,1H3,(H,17,19)/t10?,12-,13+,16-/m0/s1. The van der Waals surface area contributed by atoms with Crippen molar-refractivity contribution in [1.82, 2.24) is 10.2 Å². The highest BCUT2D eigenvalue weighted by Crippen LogP contribution is 2.50. The Kier molecular flexibility index (Phi) is 2.63. The highest BCUT2D eigenvalue weighted by molar-refractivity contribution is 6.08. The molecule has 21 heavy (non-hydrogen) atoms. The monoisotopic (exact) mass is 286 g/mol. The summed E-state index contributed by atoms with van der Waals surface area (Å²) in [5.74, 6) is -0.137. The van der Waals surface area contributed by atoms with E-state index < -0.39 is 5.41 Å². The van der Waals surface area contributed by atoms with Gasteiger partial charge >= 0.3 is 0 Å². The Bertz CT molecular complexity index is 603. The van der Waals surface area contributed by atoms with Crippen LogP contribution in [0.5, 0.6) is 0 Å². The minimum Gasteiger partial charge on any atom is -0.355 e. The predicted molar refractivity (Wildman–Crippen MR) is 75.0 cm³/mol. The van der Waals surface area contributed by atoms with E-state index in [0.717, 1.165) is 5.56 Å². The summed E-state index contributed by atoms with van der Waals surface area (Å²) in [6, 6.07) is 9.75. The lowest BCUT2D eigenvalue weighted by atomic mass is 9.76. The Morgan fingerprint density at radius 3 is 2.71 bits per heavy atom. The third kappa shape index (κ3) is 1.55. The summed E-state index contributed by atoms with van der Waals surface area (Å²) in [6.45, 7) is 3.07. The highest BCUT2D eigenvalue weighted by Gasteiger charge is 2.64. The summed E-state index contributed by atoms with van der Waals surface area (Å²) >= 11 is 0. The van der Waals surface area contributed by atoms with E-state index in [-0.39, 0.29) is 30.0 Å². The molecule has 3 heterocycles. The molecule has 1 aromatic rings. The minimum absolute atomic E-state index is 0.00834. The number of carbonyl (C=O) groups is 2. The van der Waals surface area contributed by atoms with Crippen molar-refractivity contribution in [3.63, 3.8) is 0 Å². The van der Waals surface area contributed by atoms with E-state index in [1.807, 2.05) is 37.3 Å². The molecule has 3 aliphatic rings. The number of hydrogen-bond acceptors (Lipinski definition) is 3. The number of hydrogen-bond donors (Lipinski definition) is 1. The molecule has 5 nitrogen and oxygen atoms in total. The molecule has 4 atom stereocenters. The second-order valence-corrected chi connectivity index (χ2v) is 6.25. The molecule has 3 saturated heterocycles. The summed E-state index contributed by atoms with van der Waals surface area (Å²) in [7, 11) is 0. The van der Waals surface area contributed by atoms with Gasteiger partial charge in [0.05, 0.1) is 12.6 Å². The summed E-state index contributed by atoms with van der Waals surface area (Å²) in [5, 5.41) is 2.85. The summed E-state index contributed by atoms with van der Waals surface area (Å²) in [4.78, 5) is 27.1. The van der Waals surface area contributed by atoms with Crippen LogP contribution in [0.4, 0.5) is 0 Å². The summed E-state index contributed by atoms with van der Waals surface area (Å²) < 4.78 is 5.82. The first-order chi connectivity index (χ1) is 10.1. The van der Waals surface area contributed by atoms with Crippen LogP contribution in [0, 0.1) is 11.3 Å². The van der Waals surface area contributed by atoms with E-state index >= 15 is 0 Å². The quantitative estimate of drug-likeness (QED) is 0.786. The number of amides is 2. The van der Waals surface area contributed by atoms with Crippen LogP contribution in [-0.2, 0) is 14.3 Å². The van der Waals surface area contributed by atoms with Crippen LogP contribution in [-0.4, -0.2) is 35.9 Å². The highest BCUT2D eigenvalue weighted by atomic mass is 16.5. The molecule has 5 heteroatoms. The number of nitrogens with zero attached hydrogens (tertiary/aromatic N) is 1. The van der Waals surface area contributed by atoms with Crippen molar-refractivity contribution in [3.8, 4) is 0 Å². The van der Waals surface area contributed by atoms with Crippen LogP contribution >= 0.6 is 0 Å². The Morgan fingerprint density at radius 2 is 2.05 bits per heavy atom. The number of nitrogens with one attached hydrogen (secondary N) is 1. The maximum atomic E-state index is 13.0. The van der Waals surface area contributed by atoms with Crippen molar-refractivity contribution < 1.29 is 14.3 Å². The van der Waals surface area contributed by atoms with E-state index in [2.05, 4.69) is 5.32 Å². The van der Waals surface area contributed by atoms with Crippen LogP contribution in [0.25, 0.3) is 0 Å². The largest absolute Gasteiger partial charge is 0.355 e. The van der Waals surface area contributed by atoms with Crippen molar-refractivity contribution in [2.75, 3.05) is 13.2 Å². The van der Waals surface area contributed by atoms with Crippen molar-refractivity contribution in [1.29, 1.82) is 0 Å². The van der Waals surface area contributed by atoms with Crippen LogP contribution in [0.3, 0.4) is 0 Å². The van der Waals surface area contributed by atoms with Crippen molar-refractivity contribution in [2.24, 2.45) is 11.3 Å². The number of ether oxygens (including phenoxy) is 1. The molecule has 0 saturated carbocycles. The van der Waals surface area contributed by atoms with E-state index in [4.69, 9.17) is 4.74 Å². The van der Waals surface area contributed by atoms with Crippen LogP contribution in [0.15, 0.2) is 30.3 Å². The molecule has 1 unspecified atom stereocenters.